The molecular formula is C11H18N4O2S. The van der Waals surface area contributed by atoms with Crippen molar-refractivity contribution in [3.8, 4) is 0 Å². The summed E-state index contributed by atoms with van der Waals surface area (Å²) >= 11 is 1.18. The number of rotatable bonds is 5. The van der Waals surface area contributed by atoms with Gasteiger partial charge in [-0.15, -0.1) is 5.10 Å². The van der Waals surface area contributed by atoms with Gasteiger partial charge in [-0.1, -0.05) is 31.0 Å². The monoisotopic (exact) mass is 270 g/mol. The quantitative estimate of drug-likeness (QED) is 0.824. The van der Waals surface area contributed by atoms with E-state index in [4.69, 9.17) is 5.11 Å². The van der Waals surface area contributed by atoms with Crippen LogP contribution in [0.4, 0.5) is 0 Å². The molecule has 0 aliphatic heterocycles. The molecule has 18 heavy (non-hydrogen) atoms. The molecule has 1 unspecified atom stereocenters. The van der Waals surface area contributed by atoms with Gasteiger partial charge in [-0.3, -0.25) is 4.79 Å². The number of thioether (sulfide) groups is 1. The van der Waals surface area contributed by atoms with Crippen LogP contribution in [0.5, 0.6) is 0 Å². The highest BCUT2D eigenvalue weighted by Crippen LogP contribution is 2.33. The second-order valence-corrected chi connectivity index (χ2v) is 5.67. The smallest absolute Gasteiger partial charge is 0.313 e. The Morgan fingerprint density at radius 3 is 2.89 bits per heavy atom. The fourth-order valence-corrected chi connectivity index (χ4v) is 3.16. The van der Waals surface area contributed by atoms with Crippen molar-refractivity contribution in [2.75, 3.05) is 5.75 Å². The predicted octanol–water partition coefficient (Wildman–Crippen LogP) is 1.99. The van der Waals surface area contributed by atoms with Gasteiger partial charge in [0.05, 0.1) is 11.8 Å². The lowest BCUT2D eigenvalue weighted by Gasteiger charge is -2.27. The molecule has 2 rings (SSSR count). The number of carboxylic acids is 1. The van der Waals surface area contributed by atoms with Crippen LogP contribution >= 0.6 is 11.8 Å². The van der Waals surface area contributed by atoms with E-state index < -0.39 is 5.97 Å². The maximum Gasteiger partial charge on any atom is 0.313 e. The second kappa shape index (κ2) is 6.17. The first-order valence-corrected chi connectivity index (χ1v) is 7.29. The molecule has 0 aromatic carbocycles. The lowest BCUT2D eigenvalue weighted by Crippen LogP contribution is -2.21. The minimum atomic E-state index is -0.847. The topological polar surface area (TPSA) is 80.9 Å². The highest BCUT2D eigenvalue weighted by atomic mass is 32.2. The number of carbonyl (C=O) groups is 1. The first-order chi connectivity index (χ1) is 8.68. The van der Waals surface area contributed by atoms with Crippen LogP contribution in [0.25, 0.3) is 0 Å². The van der Waals surface area contributed by atoms with Gasteiger partial charge in [-0.05, 0) is 36.1 Å². The summed E-state index contributed by atoms with van der Waals surface area (Å²) in [6.07, 6.45) is 6.29. The van der Waals surface area contributed by atoms with Crippen molar-refractivity contribution in [1.29, 1.82) is 0 Å². The Bertz CT molecular complexity index is 404. The highest BCUT2D eigenvalue weighted by Gasteiger charge is 2.24. The van der Waals surface area contributed by atoms with Crippen LogP contribution in [0.3, 0.4) is 0 Å². The normalized spacial score (nSPS) is 18.7. The fourth-order valence-electron chi connectivity index (χ4n) is 2.48. The summed E-state index contributed by atoms with van der Waals surface area (Å²) in [5.74, 6) is -0.246. The van der Waals surface area contributed by atoms with Crippen molar-refractivity contribution in [2.24, 2.45) is 5.92 Å². The van der Waals surface area contributed by atoms with Crippen molar-refractivity contribution >= 4 is 17.7 Å². The van der Waals surface area contributed by atoms with Gasteiger partial charge in [0.25, 0.3) is 0 Å². The van der Waals surface area contributed by atoms with Gasteiger partial charge in [0.2, 0.25) is 5.16 Å². The molecule has 0 amide bonds. The van der Waals surface area contributed by atoms with E-state index in [9.17, 15) is 4.79 Å². The zero-order chi connectivity index (χ0) is 13.0. The molecule has 100 valence electrons. The summed E-state index contributed by atoms with van der Waals surface area (Å²) in [5, 5.41) is 20.9. The van der Waals surface area contributed by atoms with E-state index >= 15 is 0 Å². The Morgan fingerprint density at radius 1 is 1.50 bits per heavy atom. The molecule has 1 saturated carbocycles. The van der Waals surface area contributed by atoms with Gasteiger partial charge in [0, 0.05) is 0 Å². The molecular weight excluding hydrogens is 252 g/mol. The summed E-state index contributed by atoms with van der Waals surface area (Å²) < 4.78 is 1.78. The lowest BCUT2D eigenvalue weighted by molar-refractivity contribution is -0.133. The molecule has 1 heterocycles. The summed E-state index contributed by atoms with van der Waals surface area (Å²) in [6.45, 7) is 2.12. The van der Waals surface area contributed by atoms with Crippen LogP contribution in [-0.4, -0.2) is 37.0 Å². The van der Waals surface area contributed by atoms with Gasteiger partial charge in [0.1, 0.15) is 0 Å². The zero-order valence-corrected chi connectivity index (χ0v) is 11.3. The van der Waals surface area contributed by atoms with Gasteiger partial charge in [-0.25, -0.2) is 4.68 Å². The molecule has 1 fully saturated rings. The van der Waals surface area contributed by atoms with E-state index in [1.165, 1.54) is 43.9 Å². The first kappa shape index (κ1) is 13.3. The van der Waals surface area contributed by atoms with Crippen molar-refractivity contribution in [3.05, 3.63) is 0 Å². The van der Waals surface area contributed by atoms with Crippen LogP contribution in [0.1, 0.15) is 45.1 Å². The molecule has 1 atom stereocenters. The molecule has 7 heteroatoms. The van der Waals surface area contributed by atoms with E-state index in [0.717, 1.165) is 0 Å². The van der Waals surface area contributed by atoms with Crippen LogP contribution < -0.4 is 0 Å². The van der Waals surface area contributed by atoms with Gasteiger partial charge in [-0.2, -0.15) is 0 Å². The van der Waals surface area contributed by atoms with E-state index in [1.54, 1.807) is 4.68 Å². The molecule has 0 bridgehead atoms. The number of aromatic nitrogens is 4. The summed E-state index contributed by atoms with van der Waals surface area (Å²) in [5.41, 5.74) is 0. The second-order valence-electron chi connectivity index (χ2n) is 4.73. The zero-order valence-electron chi connectivity index (χ0n) is 10.4. The van der Waals surface area contributed by atoms with E-state index in [1.807, 2.05) is 0 Å². The minimum Gasteiger partial charge on any atom is -0.481 e. The van der Waals surface area contributed by atoms with E-state index in [0.29, 0.717) is 11.1 Å². The lowest BCUT2D eigenvalue weighted by atomic mass is 9.85. The Morgan fingerprint density at radius 2 is 2.22 bits per heavy atom. The highest BCUT2D eigenvalue weighted by molar-refractivity contribution is 7.99. The largest absolute Gasteiger partial charge is 0.481 e. The molecule has 1 aliphatic carbocycles. The van der Waals surface area contributed by atoms with Crippen LogP contribution in [0, 0.1) is 5.92 Å². The number of tetrazole rings is 1. The first-order valence-electron chi connectivity index (χ1n) is 6.31. The molecule has 0 radical (unpaired) electrons. The van der Waals surface area contributed by atoms with Crippen LogP contribution in [0.15, 0.2) is 5.16 Å². The third kappa shape index (κ3) is 3.22. The Balaban J connectivity index is 2.02. The van der Waals surface area contributed by atoms with Gasteiger partial charge >= 0.3 is 5.97 Å². The van der Waals surface area contributed by atoms with Gasteiger partial charge in [0.15, 0.2) is 0 Å². The van der Waals surface area contributed by atoms with E-state index in [2.05, 4.69) is 22.4 Å². The standard InChI is InChI=1S/C11H18N4O2S/c1-8(9-5-3-2-4-6-9)15-11(12-13-14-15)18-7-10(16)17/h8-9H,2-7H2,1H3,(H,16,17). The average molecular weight is 270 g/mol. The molecule has 1 aromatic heterocycles. The summed E-state index contributed by atoms with van der Waals surface area (Å²) in [6, 6.07) is 0.247. The Hall–Kier alpha value is -1.11. The number of hydrogen-bond donors (Lipinski definition) is 1. The summed E-state index contributed by atoms with van der Waals surface area (Å²) in [4.78, 5) is 10.6. The maximum absolute atomic E-state index is 10.6. The number of carboxylic acid groups (broad SMARTS) is 1. The van der Waals surface area contributed by atoms with Crippen molar-refractivity contribution in [2.45, 2.75) is 50.2 Å². The molecule has 1 N–H and O–H groups in total. The van der Waals surface area contributed by atoms with Crippen molar-refractivity contribution in [3.63, 3.8) is 0 Å². The van der Waals surface area contributed by atoms with Crippen LogP contribution in [0.2, 0.25) is 0 Å². The average Bonchev–Trinajstić information content (AvgIpc) is 2.85. The molecule has 1 aliphatic rings. The maximum atomic E-state index is 10.6. The summed E-state index contributed by atoms with van der Waals surface area (Å²) in [7, 11) is 0. The fraction of sp³-hybridized carbons (Fsp3) is 0.818. The minimum absolute atomic E-state index is 0.00222. The number of hydrogen-bond acceptors (Lipinski definition) is 5. The molecule has 0 spiro atoms. The molecule has 0 saturated heterocycles. The Kier molecular flexibility index (Phi) is 4.57. The molecule has 6 nitrogen and oxygen atoms in total. The van der Waals surface area contributed by atoms with Gasteiger partial charge < -0.3 is 5.11 Å². The van der Waals surface area contributed by atoms with Crippen molar-refractivity contribution < 1.29 is 9.90 Å². The Labute approximate surface area is 110 Å². The molecule has 1 aromatic rings. The van der Waals surface area contributed by atoms with E-state index in [-0.39, 0.29) is 11.8 Å². The third-order valence-corrected chi connectivity index (χ3v) is 4.42. The third-order valence-electron chi connectivity index (χ3n) is 3.51. The van der Waals surface area contributed by atoms with Crippen LogP contribution in [-0.2, 0) is 4.79 Å². The van der Waals surface area contributed by atoms with Crippen molar-refractivity contribution in [1.82, 2.24) is 20.2 Å². The number of nitrogens with zero attached hydrogens (tertiary/aromatic N) is 4. The number of aliphatic carboxylic acids is 1. The predicted molar refractivity (Wildman–Crippen MR) is 67.5 cm³/mol. The SMILES string of the molecule is CC(C1CCCCC1)n1nnnc1SCC(=O)O.